The molecule has 1 aliphatic carbocycles. The number of hydrogen-bond donors (Lipinski definition) is 2. The van der Waals surface area contributed by atoms with Crippen molar-refractivity contribution in [3.63, 3.8) is 0 Å². The van der Waals surface area contributed by atoms with E-state index >= 15 is 0 Å². The predicted octanol–water partition coefficient (Wildman–Crippen LogP) is -0.107. The van der Waals surface area contributed by atoms with Crippen LogP contribution >= 0.6 is 0 Å². The van der Waals surface area contributed by atoms with E-state index in [2.05, 4.69) is 4.79 Å². The van der Waals surface area contributed by atoms with E-state index in [1.165, 1.54) is 18.2 Å². The molecule has 0 atom stereocenters. The van der Waals surface area contributed by atoms with Gasteiger partial charge in [-0.25, -0.2) is 0 Å². The zero-order valence-corrected chi connectivity index (χ0v) is 7.32. The molecule has 2 N–H and O–H groups in total. The second-order valence-electron chi connectivity index (χ2n) is 2.37. The van der Waals surface area contributed by atoms with Gasteiger partial charge in [-0.1, -0.05) is 0 Å². The monoisotopic (exact) mass is 201 g/mol. The van der Waals surface area contributed by atoms with Gasteiger partial charge >= 0.3 is 10.3 Å². The first-order chi connectivity index (χ1) is 6.01. The van der Waals surface area contributed by atoms with Crippen LogP contribution in [0.4, 0.5) is 0 Å². The molecule has 0 aromatic rings. The van der Waals surface area contributed by atoms with Gasteiger partial charge in [0.2, 0.25) is 0 Å². The van der Waals surface area contributed by atoms with Crippen LogP contribution in [0.25, 0.3) is 5.53 Å². The quantitative estimate of drug-likeness (QED) is 0.370. The van der Waals surface area contributed by atoms with Crippen LogP contribution in [0.15, 0.2) is 23.9 Å². The lowest BCUT2D eigenvalue weighted by atomic mass is 10.1. The first-order valence-electron chi connectivity index (χ1n) is 3.35. The lowest BCUT2D eigenvalue weighted by molar-refractivity contribution is -0.00542. The summed E-state index contributed by atoms with van der Waals surface area (Å²) < 4.78 is 30.9. The highest BCUT2D eigenvalue weighted by molar-refractivity contribution is 7.83. The topological polar surface area (TPSA) is 103 Å². The third-order valence-corrected chi connectivity index (χ3v) is 1.86. The fourth-order valence-corrected chi connectivity index (χ4v) is 1.28. The average molecular weight is 201 g/mol. The van der Waals surface area contributed by atoms with Gasteiger partial charge in [0.05, 0.1) is 6.42 Å². The van der Waals surface area contributed by atoms with Crippen molar-refractivity contribution in [1.29, 1.82) is 0 Å². The van der Waals surface area contributed by atoms with E-state index in [0.717, 1.165) is 0 Å². The smallest absolute Gasteiger partial charge is 0.357 e. The van der Waals surface area contributed by atoms with Crippen LogP contribution < -0.4 is 4.72 Å². The maximum absolute atomic E-state index is 10.3. The van der Waals surface area contributed by atoms with Crippen LogP contribution in [-0.4, -0.2) is 23.5 Å². The Balaban J connectivity index is 2.74. The van der Waals surface area contributed by atoms with Crippen LogP contribution in [0.1, 0.15) is 6.42 Å². The summed E-state index contributed by atoms with van der Waals surface area (Å²) in [5, 5.41) is 0. The maximum Gasteiger partial charge on any atom is 0.357 e. The molecule has 6 nitrogen and oxygen atoms in total. The molecule has 1 aliphatic rings. The van der Waals surface area contributed by atoms with Gasteiger partial charge < -0.3 is 5.53 Å². The molecule has 0 spiro atoms. The predicted molar refractivity (Wildman–Crippen MR) is 45.2 cm³/mol. The lowest BCUT2D eigenvalue weighted by Crippen LogP contribution is -2.22. The first-order valence-corrected chi connectivity index (χ1v) is 4.79. The Labute approximate surface area is 75.1 Å². The number of nitrogens with zero attached hydrogens (tertiary/aromatic N) is 2. The minimum atomic E-state index is -4.22. The lowest BCUT2D eigenvalue weighted by Gasteiger charge is -2.04. The summed E-state index contributed by atoms with van der Waals surface area (Å²) >= 11 is 0. The molecule has 0 aliphatic heterocycles. The van der Waals surface area contributed by atoms with Gasteiger partial charge in [-0.3, -0.25) is 9.27 Å². The van der Waals surface area contributed by atoms with Gasteiger partial charge in [0.1, 0.15) is 0 Å². The van der Waals surface area contributed by atoms with E-state index in [4.69, 9.17) is 10.1 Å². The first kappa shape index (κ1) is 9.66. The highest BCUT2D eigenvalue weighted by Gasteiger charge is 2.11. The molecule has 0 saturated carbocycles. The van der Waals surface area contributed by atoms with Gasteiger partial charge in [0, 0.05) is 11.8 Å². The fraction of sp³-hybridized carbons (Fsp3) is 0.167. The van der Waals surface area contributed by atoms with Crippen LogP contribution in [0.3, 0.4) is 0 Å². The molecule has 0 radical (unpaired) electrons. The van der Waals surface area contributed by atoms with Crippen molar-refractivity contribution < 1.29 is 17.8 Å². The largest absolute Gasteiger partial charge is 0.361 e. The molecule has 0 unspecified atom stereocenters. The van der Waals surface area contributed by atoms with Crippen molar-refractivity contribution in [2.75, 3.05) is 0 Å². The van der Waals surface area contributed by atoms with Gasteiger partial charge in [-0.15, -0.1) is 0 Å². The molecule has 0 amide bonds. The zero-order chi connectivity index (χ0) is 9.90. The zero-order valence-electron chi connectivity index (χ0n) is 6.51. The third-order valence-electron chi connectivity index (χ3n) is 1.36. The van der Waals surface area contributed by atoms with E-state index in [-0.39, 0.29) is 5.70 Å². The van der Waals surface area contributed by atoms with E-state index < -0.39 is 10.3 Å². The van der Waals surface area contributed by atoms with E-state index in [1.54, 1.807) is 0 Å². The molecule has 0 aromatic heterocycles. The Morgan fingerprint density at radius 3 is 2.62 bits per heavy atom. The summed E-state index contributed by atoms with van der Waals surface area (Å²) in [6.07, 6.45) is 4.60. The molecule has 13 heavy (non-hydrogen) atoms. The van der Waals surface area contributed by atoms with E-state index in [0.29, 0.717) is 12.1 Å². The molecule has 0 heterocycles. The summed E-state index contributed by atoms with van der Waals surface area (Å²) in [6, 6.07) is 0. The van der Waals surface area contributed by atoms with Crippen LogP contribution in [-0.2, 0) is 10.3 Å². The van der Waals surface area contributed by atoms with Crippen molar-refractivity contribution in [2.24, 2.45) is 0 Å². The van der Waals surface area contributed by atoms with E-state index in [9.17, 15) is 8.42 Å². The molecule has 0 saturated heterocycles. The van der Waals surface area contributed by atoms with Crippen molar-refractivity contribution in [3.8, 4) is 0 Å². The standard InChI is InChI=1S/C6H7N3O3S/c7-8-5-1-3-6(4-2-5)9-13(10,11)12/h1,3-4,9H,2H2,(H,10,11,12). The van der Waals surface area contributed by atoms with Crippen molar-refractivity contribution in [3.05, 3.63) is 29.5 Å². The summed E-state index contributed by atoms with van der Waals surface area (Å²) in [6.45, 7) is 0. The summed E-state index contributed by atoms with van der Waals surface area (Å²) in [5.41, 5.74) is 8.99. The van der Waals surface area contributed by atoms with Gasteiger partial charge in [0.15, 0.2) is 0 Å². The molecular weight excluding hydrogens is 194 g/mol. The molecule has 0 bridgehead atoms. The minimum absolute atomic E-state index is 0.245. The number of nitrogens with one attached hydrogen (secondary N) is 1. The Bertz CT molecular complexity index is 414. The number of rotatable bonds is 2. The molecule has 7 heteroatoms. The van der Waals surface area contributed by atoms with Crippen molar-refractivity contribution >= 4 is 16.0 Å². The Morgan fingerprint density at radius 2 is 2.23 bits per heavy atom. The Hall–Kier alpha value is -1.43. The van der Waals surface area contributed by atoms with Crippen LogP contribution in [0, 0.1) is 0 Å². The molecule has 1 rings (SSSR count). The minimum Gasteiger partial charge on any atom is -0.361 e. The maximum atomic E-state index is 10.3. The molecule has 0 fully saturated rings. The average Bonchev–Trinajstić information content (AvgIpc) is 2.03. The number of allylic oxidation sites excluding steroid dienone is 3. The molecular formula is C6H7N3O3S. The summed E-state index contributed by atoms with van der Waals surface area (Å²) in [4.78, 5) is 2.92. The Kier molecular flexibility index (Phi) is 2.62. The van der Waals surface area contributed by atoms with Crippen molar-refractivity contribution in [1.82, 2.24) is 4.72 Å². The third kappa shape index (κ3) is 3.20. The van der Waals surface area contributed by atoms with Crippen molar-refractivity contribution in [2.45, 2.75) is 6.42 Å². The van der Waals surface area contributed by atoms with Gasteiger partial charge in [0.25, 0.3) is 5.71 Å². The normalized spacial score (nSPS) is 16.4. The Morgan fingerprint density at radius 1 is 1.54 bits per heavy atom. The van der Waals surface area contributed by atoms with Gasteiger partial charge in [-0.2, -0.15) is 13.2 Å². The highest BCUT2D eigenvalue weighted by Crippen LogP contribution is 2.04. The molecule has 0 aromatic carbocycles. The summed E-state index contributed by atoms with van der Waals surface area (Å²) in [5.74, 6) is 0. The van der Waals surface area contributed by atoms with Crippen LogP contribution in [0.5, 0.6) is 0 Å². The van der Waals surface area contributed by atoms with Crippen LogP contribution in [0.2, 0.25) is 0 Å². The van der Waals surface area contributed by atoms with E-state index in [1.807, 2.05) is 4.72 Å². The second kappa shape index (κ2) is 3.53. The number of hydrogen-bond acceptors (Lipinski definition) is 2. The second-order valence-corrected chi connectivity index (χ2v) is 3.52. The SMILES string of the molecule is [N-]=[N+]=C1C=CC(NS(=O)(=O)O)=CC1. The summed E-state index contributed by atoms with van der Waals surface area (Å²) in [7, 11) is -4.22. The fourth-order valence-electron chi connectivity index (χ4n) is 0.835. The molecule has 70 valence electrons. The van der Waals surface area contributed by atoms with Gasteiger partial charge in [-0.05, 0) is 12.2 Å². The highest BCUT2D eigenvalue weighted by atomic mass is 32.2.